The van der Waals surface area contributed by atoms with Gasteiger partial charge in [-0.05, 0) is 66.1 Å². The molecular weight excluding hydrogens is 386 g/mol. The van der Waals surface area contributed by atoms with Gasteiger partial charge in [0.1, 0.15) is 0 Å². The summed E-state index contributed by atoms with van der Waals surface area (Å²) in [6.07, 6.45) is 8.51. The molecule has 31 heavy (non-hydrogen) atoms. The number of carbonyl (C=O) groups is 2. The lowest BCUT2D eigenvalue weighted by Crippen LogP contribution is -2.44. The largest absolute Gasteiger partial charge is 0.356 e. The summed E-state index contributed by atoms with van der Waals surface area (Å²) in [5.74, 6) is 0.131. The van der Waals surface area contributed by atoms with Gasteiger partial charge in [-0.15, -0.1) is 0 Å². The zero-order valence-electron chi connectivity index (χ0n) is 17.8. The molecule has 0 bridgehead atoms. The molecule has 5 heteroatoms. The molecule has 1 unspecified atom stereocenters. The molecule has 2 aromatic carbocycles. The van der Waals surface area contributed by atoms with Crippen LogP contribution in [0.15, 0.2) is 67.0 Å². The first-order valence-corrected chi connectivity index (χ1v) is 11.1. The predicted octanol–water partition coefficient (Wildman–Crippen LogP) is 3.96. The summed E-state index contributed by atoms with van der Waals surface area (Å²) in [4.78, 5) is 28.6. The molecule has 0 radical (unpaired) electrons. The molecule has 2 N–H and O–H groups in total. The van der Waals surface area contributed by atoms with Gasteiger partial charge in [-0.1, -0.05) is 42.5 Å². The van der Waals surface area contributed by atoms with Gasteiger partial charge >= 0.3 is 0 Å². The molecule has 1 saturated heterocycles. The average Bonchev–Trinajstić information content (AvgIpc) is 3.17. The molecule has 3 aromatic rings. The van der Waals surface area contributed by atoms with Gasteiger partial charge in [0.25, 0.3) is 0 Å². The zero-order valence-corrected chi connectivity index (χ0v) is 17.8. The number of benzene rings is 2. The predicted molar refractivity (Wildman–Crippen MR) is 123 cm³/mol. The summed E-state index contributed by atoms with van der Waals surface area (Å²) in [5, 5.41) is 8.65. The first kappa shape index (κ1) is 21.0. The van der Waals surface area contributed by atoms with Crippen molar-refractivity contribution in [2.75, 3.05) is 6.54 Å². The molecule has 0 aliphatic carbocycles. The molecular formula is C26H29N3O2. The third-order valence-electron chi connectivity index (χ3n) is 6.19. The van der Waals surface area contributed by atoms with Gasteiger partial charge in [-0.25, -0.2) is 0 Å². The van der Waals surface area contributed by atoms with Gasteiger partial charge in [0, 0.05) is 37.3 Å². The third-order valence-corrected chi connectivity index (χ3v) is 6.19. The highest BCUT2D eigenvalue weighted by atomic mass is 16.2. The fourth-order valence-corrected chi connectivity index (χ4v) is 4.50. The normalized spacial score (nSPS) is 18.1. The summed E-state index contributed by atoms with van der Waals surface area (Å²) in [6, 6.07) is 18.6. The Bertz CT molecular complexity index is 1050. The Hall–Kier alpha value is -3.21. The van der Waals surface area contributed by atoms with Crippen LogP contribution in [0.4, 0.5) is 0 Å². The van der Waals surface area contributed by atoms with Gasteiger partial charge in [0.2, 0.25) is 11.8 Å². The SMILES string of the molecule is O=C(CCC1(Cc2cccc3ccccc23)CCC(=O)N1)NCCCc1ccncc1. The van der Waals surface area contributed by atoms with E-state index in [0.717, 1.165) is 25.7 Å². The number of nitrogens with zero attached hydrogens (tertiary/aromatic N) is 1. The molecule has 1 aromatic heterocycles. The molecule has 2 amide bonds. The molecule has 1 atom stereocenters. The van der Waals surface area contributed by atoms with E-state index in [1.807, 2.05) is 24.3 Å². The van der Waals surface area contributed by atoms with Crippen molar-refractivity contribution in [2.45, 2.75) is 50.5 Å². The molecule has 0 spiro atoms. The number of fused-ring (bicyclic) bond motifs is 1. The van der Waals surface area contributed by atoms with Crippen LogP contribution >= 0.6 is 0 Å². The molecule has 1 aliphatic heterocycles. The van der Waals surface area contributed by atoms with Crippen molar-refractivity contribution in [3.05, 3.63) is 78.1 Å². The van der Waals surface area contributed by atoms with E-state index in [1.54, 1.807) is 12.4 Å². The summed E-state index contributed by atoms with van der Waals surface area (Å²) >= 11 is 0. The smallest absolute Gasteiger partial charge is 0.220 e. The second kappa shape index (κ2) is 9.73. The van der Waals surface area contributed by atoms with Crippen molar-refractivity contribution in [3.8, 4) is 0 Å². The van der Waals surface area contributed by atoms with Crippen molar-refractivity contribution in [3.63, 3.8) is 0 Å². The number of pyridine rings is 1. The van der Waals surface area contributed by atoms with Gasteiger partial charge in [-0.2, -0.15) is 0 Å². The van der Waals surface area contributed by atoms with Crippen molar-refractivity contribution in [1.82, 2.24) is 15.6 Å². The van der Waals surface area contributed by atoms with Crippen LogP contribution in [0.1, 0.15) is 43.2 Å². The number of hydrogen-bond donors (Lipinski definition) is 2. The number of hydrogen-bond acceptors (Lipinski definition) is 3. The summed E-state index contributed by atoms with van der Waals surface area (Å²) in [6.45, 7) is 0.657. The highest BCUT2D eigenvalue weighted by Gasteiger charge is 2.38. The Morgan fingerprint density at radius 1 is 1.06 bits per heavy atom. The van der Waals surface area contributed by atoms with Gasteiger partial charge in [0.05, 0.1) is 0 Å². The maximum absolute atomic E-state index is 12.5. The van der Waals surface area contributed by atoms with E-state index in [9.17, 15) is 9.59 Å². The molecule has 1 fully saturated rings. The molecule has 1 aliphatic rings. The van der Waals surface area contributed by atoms with Gasteiger partial charge in [0.15, 0.2) is 0 Å². The van der Waals surface area contributed by atoms with Crippen LogP contribution in [-0.2, 0) is 22.4 Å². The second-order valence-corrected chi connectivity index (χ2v) is 8.45. The highest BCUT2D eigenvalue weighted by Crippen LogP contribution is 2.32. The van der Waals surface area contributed by atoms with Crippen LogP contribution < -0.4 is 10.6 Å². The third kappa shape index (κ3) is 5.48. The Morgan fingerprint density at radius 2 is 1.87 bits per heavy atom. The van der Waals surface area contributed by atoms with Crippen LogP contribution in [0.5, 0.6) is 0 Å². The minimum absolute atomic E-state index is 0.0492. The summed E-state index contributed by atoms with van der Waals surface area (Å²) in [7, 11) is 0. The number of aromatic nitrogens is 1. The number of amides is 2. The van der Waals surface area contributed by atoms with Crippen molar-refractivity contribution in [1.29, 1.82) is 0 Å². The van der Waals surface area contributed by atoms with E-state index in [0.29, 0.717) is 25.8 Å². The Balaban J connectivity index is 1.33. The van der Waals surface area contributed by atoms with E-state index < -0.39 is 0 Å². The monoisotopic (exact) mass is 415 g/mol. The van der Waals surface area contributed by atoms with E-state index in [4.69, 9.17) is 0 Å². The van der Waals surface area contributed by atoms with Crippen LogP contribution in [0.25, 0.3) is 10.8 Å². The number of carbonyl (C=O) groups excluding carboxylic acids is 2. The van der Waals surface area contributed by atoms with E-state index >= 15 is 0 Å². The van der Waals surface area contributed by atoms with E-state index in [2.05, 4.69) is 45.9 Å². The lowest BCUT2D eigenvalue weighted by molar-refractivity contribution is -0.122. The van der Waals surface area contributed by atoms with Gasteiger partial charge < -0.3 is 10.6 Å². The fourth-order valence-electron chi connectivity index (χ4n) is 4.50. The highest BCUT2D eigenvalue weighted by molar-refractivity contribution is 5.86. The Morgan fingerprint density at radius 3 is 2.68 bits per heavy atom. The summed E-state index contributed by atoms with van der Waals surface area (Å²) in [5.41, 5.74) is 2.10. The second-order valence-electron chi connectivity index (χ2n) is 8.45. The number of nitrogens with one attached hydrogen (secondary N) is 2. The number of rotatable bonds is 9. The quantitative estimate of drug-likeness (QED) is 0.520. The van der Waals surface area contributed by atoms with E-state index in [1.165, 1.54) is 21.9 Å². The summed E-state index contributed by atoms with van der Waals surface area (Å²) < 4.78 is 0. The molecule has 0 saturated carbocycles. The van der Waals surface area contributed by atoms with Crippen molar-refractivity contribution < 1.29 is 9.59 Å². The number of aryl methyl sites for hydroxylation is 1. The van der Waals surface area contributed by atoms with Crippen LogP contribution in [0.3, 0.4) is 0 Å². The van der Waals surface area contributed by atoms with Crippen LogP contribution in [0, 0.1) is 0 Å². The fraction of sp³-hybridized carbons (Fsp3) is 0.346. The maximum atomic E-state index is 12.5. The first-order valence-electron chi connectivity index (χ1n) is 11.1. The standard InChI is InChI=1S/C26H29N3O2/c30-24(28-16-4-5-20-12-17-27-18-13-20)10-14-26(15-11-25(31)29-26)19-22-8-3-7-21-6-1-2-9-23(21)22/h1-3,6-9,12-13,17-18H,4-5,10-11,14-16,19H2,(H,28,30)(H,29,31). The zero-order chi connectivity index (χ0) is 21.5. The van der Waals surface area contributed by atoms with Crippen LogP contribution in [0.2, 0.25) is 0 Å². The van der Waals surface area contributed by atoms with Gasteiger partial charge in [-0.3, -0.25) is 14.6 Å². The van der Waals surface area contributed by atoms with Crippen LogP contribution in [-0.4, -0.2) is 28.9 Å². The Labute approximate surface area is 183 Å². The maximum Gasteiger partial charge on any atom is 0.220 e. The van der Waals surface area contributed by atoms with E-state index in [-0.39, 0.29) is 17.4 Å². The lowest BCUT2D eigenvalue weighted by atomic mass is 9.83. The molecule has 5 nitrogen and oxygen atoms in total. The van der Waals surface area contributed by atoms with Crippen molar-refractivity contribution >= 4 is 22.6 Å². The molecule has 160 valence electrons. The Kier molecular flexibility index (Phi) is 6.60. The molecule has 4 rings (SSSR count). The minimum atomic E-state index is -0.352. The average molecular weight is 416 g/mol. The molecule has 2 heterocycles. The minimum Gasteiger partial charge on any atom is -0.356 e. The topological polar surface area (TPSA) is 71.1 Å². The lowest BCUT2D eigenvalue weighted by Gasteiger charge is -2.30. The first-order chi connectivity index (χ1) is 15.1. The van der Waals surface area contributed by atoms with Crippen molar-refractivity contribution in [2.24, 2.45) is 0 Å².